The number of benzene rings is 1. The molecule has 0 aliphatic rings. The van der Waals surface area contributed by atoms with Crippen LogP contribution in [0.5, 0.6) is 5.75 Å². The number of alkyl halides is 3. The maximum Gasteiger partial charge on any atom is 0.573 e. The third kappa shape index (κ3) is 4.72. The van der Waals surface area contributed by atoms with Crippen LogP contribution in [-0.2, 0) is 6.54 Å². The first-order valence-electron chi connectivity index (χ1n) is 6.25. The highest BCUT2D eigenvalue weighted by atomic mass is 19.4. The van der Waals surface area contributed by atoms with Gasteiger partial charge in [0.15, 0.2) is 0 Å². The summed E-state index contributed by atoms with van der Waals surface area (Å²) >= 11 is 0. The average Bonchev–Trinajstić information content (AvgIpc) is 2.43. The molecule has 0 atom stereocenters. The number of carbonyl (C=O) groups is 1. The second-order valence-electron chi connectivity index (χ2n) is 4.41. The molecular formula is C14H12F3N3O2. The van der Waals surface area contributed by atoms with E-state index in [9.17, 15) is 18.0 Å². The molecule has 0 aliphatic heterocycles. The van der Waals surface area contributed by atoms with E-state index in [-0.39, 0.29) is 12.1 Å². The summed E-state index contributed by atoms with van der Waals surface area (Å²) in [6.45, 7) is 1.93. The minimum absolute atomic E-state index is 0.0625. The van der Waals surface area contributed by atoms with Crippen molar-refractivity contribution in [2.75, 3.05) is 0 Å². The first-order valence-corrected chi connectivity index (χ1v) is 6.25. The number of ether oxygens (including phenoxy) is 1. The zero-order valence-corrected chi connectivity index (χ0v) is 11.5. The number of nitrogens with one attached hydrogen (secondary N) is 1. The molecule has 1 aromatic heterocycles. The van der Waals surface area contributed by atoms with Crippen molar-refractivity contribution in [2.24, 2.45) is 0 Å². The van der Waals surface area contributed by atoms with Crippen LogP contribution in [0.3, 0.4) is 0 Å². The average molecular weight is 311 g/mol. The van der Waals surface area contributed by atoms with Gasteiger partial charge in [0, 0.05) is 11.3 Å². The second-order valence-corrected chi connectivity index (χ2v) is 4.41. The summed E-state index contributed by atoms with van der Waals surface area (Å²) in [5, 5.41) is 2.57. The SMILES string of the molecule is Cc1cc(CNC(=O)c2cccc(OC(F)(F)F)c2)ncn1. The lowest BCUT2D eigenvalue weighted by Gasteiger charge is -2.10. The highest BCUT2D eigenvalue weighted by Crippen LogP contribution is 2.23. The van der Waals surface area contributed by atoms with Crippen LogP contribution >= 0.6 is 0 Å². The van der Waals surface area contributed by atoms with Gasteiger partial charge >= 0.3 is 6.36 Å². The molecule has 1 amide bonds. The second kappa shape index (κ2) is 6.42. The quantitative estimate of drug-likeness (QED) is 0.942. The smallest absolute Gasteiger partial charge is 0.406 e. The van der Waals surface area contributed by atoms with Gasteiger partial charge in [0.05, 0.1) is 12.2 Å². The largest absolute Gasteiger partial charge is 0.573 e. The van der Waals surface area contributed by atoms with E-state index in [1.807, 2.05) is 0 Å². The Morgan fingerprint density at radius 1 is 1.27 bits per heavy atom. The minimum atomic E-state index is -4.80. The molecule has 2 aromatic rings. The summed E-state index contributed by atoms with van der Waals surface area (Å²) in [7, 11) is 0. The van der Waals surface area contributed by atoms with Crippen LogP contribution in [0.1, 0.15) is 21.7 Å². The molecule has 0 unspecified atom stereocenters. The zero-order chi connectivity index (χ0) is 16.2. The Morgan fingerprint density at radius 3 is 2.73 bits per heavy atom. The van der Waals surface area contributed by atoms with Crippen molar-refractivity contribution < 1.29 is 22.7 Å². The lowest BCUT2D eigenvalue weighted by molar-refractivity contribution is -0.274. The molecule has 8 heteroatoms. The Bertz CT molecular complexity index is 674. The highest BCUT2D eigenvalue weighted by Gasteiger charge is 2.31. The number of rotatable bonds is 4. The molecule has 1 N–H and O–H groups in total. The lowest BCUT2D eigenvalue weighted by atomic mass is 10.2. The standard InChI is InChI=1S/C14H12F3N3O2/c1-9-5-11(20-8-19-9)7-18-13(21)10-3-2-4-12(6-10)22-14(15,16)17/h2-6,8H,7H2,1H3,(H,18,21). The van der Waals surface area contributed by atoms with E-state index < -0.39 is 18.0 Å². The summed E-state index contributed by atoms with van der Waals surface area (Å²) in [4.78, 5) is 19.8. The highest BCUT2D eigenvalue weighted by molar-refractivity contribution is 5.94. The minimum Gasteiger partial charge on any atom is -0.406 e. The number of nitrogens with zero attached hydrogens (tertiary/aromatic N) is 2. The summed E-state index contributed by atoms with van der Waals surface area (Å²) in [5.74, 6) is -0.970. The van der Waals surface area contributed by atoms with E-state index in [0.717, 1.165) is 17.8 Å². The monoisotopic (exact) mass is 311 g/mol. The first-order chi connectivity index (χ1) is 10.3. The fourth-order valence-corrected chi connectivity index (χ4v) is 1.71. The molecule has 0 saturated carbocycles. The third-order valence-electron chi connectivity index (χ3n) is 2.62. The Balaban J connectivity index is 2.02. The molecular weight excluding hydrogens is 299 g/mol. The van der Waals surface area contributed by atoms with Crippen molar-refractivity contribution in [1.82, 2.24) is 15.3 Å². The van der Waals surface area contributed by atoms with E-state index >= 15 is 0 Å². The van der Waals surface area contributed by atoms with Gasteiger partial charge < -0.3 is 10.1 Å². The number of carbonyl (C=O) groups excluding carboxylic acids is 1. The molecule has 0 spiro atoms. The van der Waals surface area contributed by atoms with Gasteiger partial charge in [-0.15, -0.1) is 13.2 Å². The van der Waals surface area contributed by atoms with Gasteiger partial charge in [0.2, 0.25) is 0 Å². The summed E-state index contributed by atoms with van der Waals surface area (Å²) in [6.07, 6.45) is -3.43. The molecule has 0 fully saturated rings. The van der Waals surface area contributed by atoms with Crippen molar-refractivity contribution in [3.8, 4) is 5.75 Å². The van der Waals surface area contributed by atoms with E-state index in [4.69, 9.17) is 0 Å². The molecule has 2 rings (SSSR count). The Hall–Kier alpha value is -2.64. The third-order valence-corrected chi connectivity index (χ3v) is 2.62. The summed E-state index contributed by atoms with van der Waals surface area (Å²) < 4.78 is 40.2. The van der Waals surface area contributed by atoms with Gasteiger partial charge in [-0.1, -0.05) is 6.07 Å². The van der Waals surface area contributed by atoms with Crippen LogP contribution in [0, 0.1) is 6.92 Å². The van der Waals surface area contributed by atoms with Gasteiger partial charge in [-0.3, -0.25) is 4.79 Å². The molecule has 0 bridgehead atoms. The first kappa shape index (κ1) is 15.7. The number of hydrogen-bond acceptors (Lipinski definition) is 4. The summed E-state index contributed by atoms with van der Waals surface area (Å²) in [6, 6.07) is 6.55. The van der Waals surface area contributed by atoms with E-state index in [2.05, 4.69) is 20.0 Å². The van der Waals surface area contributed by atoms with Gasteiger partial charge in [-0.05, 0) is 31.2 Å². The van der Waals surface area contributed by atoms with Crippen molar-refractivity contribution >= 4 is 5.91 Å². The number of aromatic nitrogens is 2. The molecule has 22 heavy (non-hydrogen) atoms. The molecule has 1 heterocycles. The molecule has 5 nitrogen and oxygen atoms in total. The van der Waals surface area contributed by atoms with Crippen LogP contribution in [0.4, 0.5) is 13.2 Å². The Morgan fingerprint density at radius 2 is 2.05 bits per heavy atom. The number of amides is 1. The lowest BCUT2D eigenvalue weighted by Crippen LogP contribution is -2.24. The van der Waals surface area contributed by atoms with E-state index in [0.29, 0.717) is 5.69 Å². The fourth-order valence-electron chi connectivity index (χ4n) is 1.71. The van der Waals surface area contributed by atoms with Crippen molar-refractivity contribution in [3.05, 3.63) is 53.6 Å². The Labute approximate surface area is 124 Å². The van der Waals surface area contributed by atoms with Crippen molar-refractivity contribution in [1.29, 1.82) is 0 Å². The zero-order valence-electron chi connectivity index (χ0n) is 11.5. The number of halogens is 3. The molecule has 116 valence electrons. The topological polar surface area (TPSA) is 64.1 Å². The Kier molecular flexibility index (Phi) is 4.59. The van der Waals surface area contributed by atoms with Crippen molar-refractivity contribution in [3.63, 3.8) is 0 Å². The van der Waals surface area contributed by atoms with Crippen LogP contribution in [-0.4, -0.2) is 22.2 Å². The number of hydrogen-bond donors (Lipinski definition) is 1. The van der Waals surface area contributed by atoms with Crippen LogP contribution < -0.4 is 10.1 Å². The van der Waals surface area contributed by atoms with Gasteiger partial charge in [0.25, 0.3) is 5.91 Å². The molecule has 0 aliphatic carbocycles. The molecule has 0 saturated heterocycles. The van der Waals surface area contributed by atoms with Crippen LogP contribution in [0.25, 0.3) is 0 Å². The van der Waals surface area contributed by atoms with Gasteiger partial charge in [0.1, 0.15) is 12.1 Å². The normalized spacial score (nSPS) is 11.1. The maximum absolute atomic E-state index is 12.1. The van der Waals surface area contributed by atoms with Gasteiger partial charge in [-0.2, -0.15) is 0 Å². The van der Waals surface area contributed by atoms with Gasteiger partial charge in [-0.25, -0.2) is 9.97 Å². The summed E-state index contributed by atoms with van der Waals surface area (Å²) in [5.41, 5.74) is 1.41. The fraction of sp³-hybridized carbons (Fsp3) is 0.214. The maximum atomic E-state index is 12.1. The van der Waals surface area contributed by atoms with Crippen LogP contribution in [0.2, 0.25) is 0 Å². The van der Waals surface area contributed by atoms with Crippen LogP contribution in [0.15, 0.2) is 36.7 Å². The molecule has 1 aromatic carbocycles. The van der Waals surface area contributed by atoms with Crippen molar-refractivity contribution in [2.45, 2.75) is 19.8 Å². The number of aryl methyl sites for hydroxylation is 1. The van der Waals surface area contributed by atoms with E-state index in [1.54, 1.807) is 13.0 Å². The predicted molar refractivity (Wildman–Crippen MR) is 71.1 cm³/mol. The molecule has 0 radical (unpaired) electrons. The van der Waals surface area contributed by atoms with E-state index in [1.165, 1.54) is 18.5 Å². The predicted octanol–water partition coefficient (Wildman–Crippen LogP) is 2.61.